The number of ether oxygens (including phenoxy) is 3. The molecule has 2 aliphatic heterocycles. The van der Waals surface area contributed by atoms with Gasteiger partial charge in [-0.2, -0.15) is 0 Å². The first kappa shape index (κ1) is 27.0. The molecule has 3 heterocycles. The Morgan fingerprint density at radius 1 is 1.20 bits per heavy atom. The van der Waals surface area contributed by atoms with E-state index >= 15 is 0 Å². The summed E-state index contributed by atoms with van der Waals surface area (Å²) in [5.74, 6) is 1.10. The highest BCUT2D eigenvalue weighted by Crippen LogP contribution is 2.47. The van der Waals surface area contributed by atoms with Crippen molar-refractivity contribution < 1.29 is 23.4 Å². The number of methoxy groups -OCH3 is 1. The monoisotopic (exact) mass is 565 g/mol. The number of alkyl halides is 1. The molecule has 3 atom stereocenters. The highest BCUT2D eigenvalue weighted by atomic mass is 32.1. The molecule has 1 aliphatic carbocycles. The van der Waals surface area contributed by atoms with Crippen LogP contribution in [0.5, 0.6) is 17.2 Å². The Balaban J connectivity index is 1.31. The van der Waals surface area contributed by atoms with E-state index in [2.05, 4.69) is 5.32 Å². The van der Waals surface area contributed by atoms with E-state index in [1.165, 1.54) is 37.0 Å². The van der Waals surface area contributed by atoms with Crippen LogP contribution in [0.1, 0.15) is 66.2 Å². The Bertz CT molecular complexity index is 1360. The van der Waals surface area contributed by atoms with Gasteiger partial charge < -0.3 is 24.4 Å². The highest BCUT2D eigenvalue weighted by molar-refractivity contribution is 7.12. The first-order chi connectivity index (χ1) is 19.3. The number of fused-ring (bicyclic) bond motifs is 2. The quantitative estimate of drug-likeness (QED) is 0.343. The molecule has 40 heavy (non-hydrogen) atoms. The second-order valence-electron chi connectivity index (χ2n) is 11.4. The number of nitrogens with zero attached hydrogens (tertiary/aromatic N) is 2. The standard InChI is InChI=1S/C31H36FN3O4S/c1-31(2)38-25-15-21(14-24(37-3)29(25)39-31)30(36)35(17-22-13-20-11-7-8-12-23(20)33-22)18-27-34-28(26(16-32)40-27)19-9-5-4-6-10-19/h4-6,9-10,14-15,20,22-23,33H,7-8,11-13,16-18H2,1-3H3/t20-,22-,23-/m0/s1. The molecular weight excluding hydrogens is 529 g/mol. The van der Waals surface area contributed by atoms with Crippen molar-refractivity contribution in [1.82, 2.24) is 15.2 Å². The van der Waals surface area contributed by atoms with Crippen molar-refractivity contribution in [3.8, 4) is 28.5 Å². The Morgan fingerprint density at radius 2 is 2.00 bits per heavy atom. The van der Waals surface area contributed by atoms with Crippen molar-refractivity contribution in [1.29, 1.82) is 0 Å². The first-order valence-corrected chi connectivity index (χ1v) is 14.9. The fraction of sp³-hybridized carbons (Fsp3) is 0.484. The minimum absolute atomic E-state index is 0.149. The van der Waals surface area contributed by atoms with Gasteiger partial charge in [-0.3, -0.25) is 4.79 Å². The number of aromatic nitrogens is 1. The van der Waals surface area contributed by atoms with Gasteiger partial charge in [0.05, 0.1) is 24.2 Å². The SMILES string of the molecule is COc1cc(C(=O)N(Cc2nc(-c3ccccc3)c(CF)s2)C[C@@H]2C[C@@H]3CCCC[C@@H]3N2)cc2c1OC(C)(C)O2. The van der Waals surface area contributed by atoms with Gasteiger partial charge in [0.25, 0.3) is 5.91 Å². The number of benzene rings is 2. The average molecular weight is 566 g/mol. The van der Waals surface area contributed by atoms with Crippen LogP contribution in [0.25, 0.3) is 11.3 Å². The van der Waals surface area contributed by atoms with Gasteiger partial charge in [0.15, 0.2) is 11.5 Å². The molecule has 212 valence electrons. The smallest absolute Gasteiger partial charge is 0.254 e. The molecule has 6 rings (SSSR count). The van der Waals surface area contributed by atoms with Gasteiger partial charge >= 0.3 is 0 Å². The van der Waals surface area contributed by atoms with Gasteiger partial charge in [-0.25, -0.2) is 9.37 Å². The summed E-state index contributed by atoms with van der Waals surface area (Å²) in [6, 6.07) is 13.8. The predicted molar refractivity (Wildman–Crippen MR) is 153 cm³/mol. The lowest BCUT2D eigenvalue weighted by Gasteiger charge is -2.26. The molecule has 2 fully saturated rings. The molecule has 0 bridgehead atoms. The summed E-state index contributed by atoms with van der Waals surface area (Å²) in [7, 11) is 1.56. The largest absolute Gasteiger partial charge is 0.493 e. The maximum atomic E-state index is 14.2. The van der Waals surface area contributed by atoms with E-state index in [1.807, 2.05) is 49.1 Å². The third-order valence-corrected chi connectivity index (χ3v) is 9.11. The number of hydrogen-bond acceptors (Lipinski definition) is 7. The number of thiazole rings is 1. The molecule has 0 spiro atoms. The van der Waals surface area contributed by atoms with E-state index in [1.54, 1.807) is 19.2 Å². The van der Waals surface area contributed by atoms with Crippen molar-refractivity contribution >= 4 is 17.2 Å². The summed E-state index contributed by atoms with van der Waals surface area (Å²) < 4.78 is 31.5. The second-order valence-corrected chi connectivity index (χ2v) is 12.6. The van der Waals surface area contributed by atoms with Gasteiger partial charge in [0, 0.05) is 43.6 Å². The highest BCUT2D eigenvalue weighted by Gasteiger charge is 2.38. The third kappa shape index (κ3) is 5.41. The number of carbonyl (C=O) groups excluding carboxylic acids is 1. The number of halogens is 1. The predicted octanol–water partition coefficient (Wildman–Crippen LogP) is 6.36. The molecule has 3 aliphatic rings. The maximum Gasteiger partial charge on any atom is 0.254 e. The molecule has 9 heteroatoms. The molecule has 1 saturated carbocycles. The summed E-state index contributed by atoms with van der Waals surface area (Å²) in [5.41, 5.74) is 1.98. The van der Waals surface area contributed by atoms with Crippen molar-refractivity contribution in [2.24, 2.45) is 5.92 Å². The van der Waals surface area contributed by atoms with E-state index in [4.69, 9.17) is 19.2 Å². The summed E-state index contributed by atoms with van der Waals surface area (Å²) in [6.07, 6.45) is 6.01. The first-order valence-electron chi connectivity index (χ1n) is 14.1. The van der Waals surface area contributed by atoms with Crippen molar-refractivity contribution in [2.75, 3.05) is 13.7 Å². The second kappa shape index (κ2) is 11.0. The lowest BCUT2D eigenvalue weighted by atomic mass is 9.85. The Kier molecular flexibility index (Phi) is 7.44. The Labute approximate surface area is 238 Å². The van der Waals surface area contributed by atoms with Gasteiger partial charge in [0.1, 0.15) is 11.7 Å². The third-order valence-electron chi connectivity index (χ3n) is 8.10. The fourth-order valence-corrected chi connectivity index (χ4v) is 7.30. The molecule has 1 amide bonds. The van der Waals surface area contributed by atoms with Crippen LogP contribution in [-0.4, -0.2) is 47.3 Å². The molecule has 1 aromatic heterocycles. The number of amides is 1. The van der Waals surface area contributed by atoms with E-state index < -0.39 is 12.5 Å². The number of hydrogen-bond donors (Lipinski definition) is 1. The van der Waals surface area contributed by atoms with Crippen molar-refractivity contribution in [2.45, 2.75) is 77.0 Å². The zero-order valence-electron chi connectivity index (χ0n) is 23.2. The number of rotatable bonds is 8. The summed E-state index contributed by atoms with van der Waals surface area (Å²) in [6.45, 7) is 3.87. The molecule has 2 aromatic carbocycles. The lowest BCUT2D eigenvalue weighted by Crippen LogP contribution is -2.42. The summed E-state index contributed by atoms with van der Waals surface area (Å²) in [5, 5.41) is 4.52. The van der Waals surface area contributed by atoms with Crippen molar-refractivity contribution in [3.63, 3.8) is 0 Å². The minimum Gasteiger partial charge on any atom is -0.493 e. The van der Waals surface area contributed by atoms with Gasteiger partial charge in [-0.05, 0) is 37.3 Å². The van der Waals surface area contributed by atoms with Crippen LogP contribution in [0.4, 0.5) is 4.39 Å². The molecule has 1 saturated heterocycles. The van der Waals surface area contributed by atoms with Crippen LogP contribution in [0.3, 0.4) is 0 Å². The lowest BCUT2D eigenvalue weighted by molar-refractivity contribution is -0.0439. The normalized spacial score (nSPS) is 22.6. The van der Waals surface area contributed by atoms with Crippen molar-refractivity contribution in [3.05, 3.63) is 57.9 Å². The van der Waals surface area contributed by atoms with Gasteiger partial charge in [0.2, 0.25) is 11.5 Å². The van der Waals surface area contributed by atoms with Gasteiger partial charge in [-0.1, -0.05) is 43.2 Å². The maximum absolute atomic E-state index is 14.2. The fourth-order valence-electron chi connectivity index (χ4n) is 6.34. The molecule has 0 radical (unpaired) electrons. The van der Waals surface area contributed by atoms with E-state index in [-0.39, 0.29) is 11.9 Å². The molecule has 0 unspecified atom stereocenters. The molecule has 7 nitrogen and oxygen atoms in total. The number of carbonyl (C=O) groups is 1. The van der Waals surface area contributed by atoms with E-state index in [0.29, 0.717) is 63.4 Å². The van der Waals surface area contributed by atoms with E-state index in [0.717, 1.165) is 12.0 Å². The Hall–Kier alpha value is -3.17. The zero-order chi connectivity index (χ0) is 27.9. The molecule has 3 aromatic rings. The van der Waals surface area contributed by atoms with E-state index in [9.17, 15) is 9.18 Å². The zero-order valence-corrected chi connectivity index (χ0v) is 24.1. The summed E-state index contributed by atoms with van der Waals surface area (Å²) >= 11 is 1.33. The van der Waals surface area contributed by atoms with Crippen LogP contribution in [0.15, 0.2) is 42.5 Å². The molecule has 1 N–H and O–H groups in total. The van der Waals surface area contributed by atoms with Crippen LogP contribution in [0, 0.1) is 5.92 Å². The van der Waals surface area contributed by atoms with Crippen LogP contribution in [-0.2, 0) is 13.2 Å². The van der Waals surface area contributed by atoms with Crippen LogP contribution < -0.4 is 19.5 Å². The van der Waals surface area contributed by atoms with Crippen LogP contribution >= 0.6 is 11.3 Å². The average Bonchev–Trinajstić information content (AvgIpc) is 3.65. The minimum atomic E-state index is -0.849. The Morgan fingerprint density at radius 3 is 2.75 bits per heavy atom. The number of nitrogens with one attached hydrogen (secondary N) is 1. The van der Waals surface area contributed by atoms with Gasteiger partial charge in [-0.15, -0.1) is 11.3 Å². The van der Waals surface area contributed by atoms with Crippen LogP contribution in [0.2, 0.25) is 0 Å². The topological polar surface area (TPSA) is 72.9 Å². The molecular formula is C31H36FN3O4S. The summed E-state index contributed by atoms with van der Waals surface area (Å²) in [4.78, 5) is 21.4.